The number of hydrogen-bond donors (Lipinski definition) is 0. The summed E-state index contributed by atoms with van der Waals surface area (Å²) in [6.07, 6.45) is 1.14. The average molecular weight is 213 g/mol. The van der Waals surface area contributed by atoms with Gasteiger partial charge in [0.05, 0.1) is 0 Å². The maximum absolute atomic E-state index is 6.21. The molecule has 1 aliphatic rings. The maximum Gasteiger partial charge on any atom is 0.0465 e. The summed E-state index contributed by atoms with van der Waals surface area (Å²) in [6.45, 7) is 0. The Morgan fingerprint density at radius 3 is 2.62 bits per heavy atom. The van der Waals surface area contributed by atoms with Crippen LogP contribution < -0.4 is 0 Å². The molecule has 0 spiro atoms. The number of alkyl halides is 1. The van der Waals surface area contributed by atoms with Crippen LogP contribution >= 0.6 is 23.4 Å². The van der Waals surface area contributed by atoms with E-state index in [1.54, 1.807) is 0 Å². The van der Waals surface area contributed by atoms with E-state index in [0.29, 0.717) is 11.3 Å². The van der Waals surface area contributed by atoms with Gasteiger partial charge in [0.15, 0.2) is 0 Å². The highest BCUT2D eigenvalue weighted by Gasteiger charge is 2.25. The van der Waals surface area contributed by atoms with Crippen LogP contribution in [0.3, 0.4) is 0 Å². The van der Waals surface area contributed by atoms with E-state index < -0.39 is 0 Å². The Kier molecular flexibility index (Phi) is 3.18. The Morgan fingerprint density at radius 1 is 1.23 bits per heavy atom. The number of thioether (sulfide) groups is 1. The summed E-state index contributed by atoms with van der Waals surface area (Å²) in [5.74, 6) is 3.02. The standard InChI is InChI=1S/C11H13ClS/c12-11-8-13-7-10(11)6-9-4-2-1-3-5-9/h1-5,10-11H,6-8H2. The minimum Gasteiger partial charge on any atom is -0.160 e. The minimum atomic E-state index is 0.380. The molecular formula is C11H13ClS. The van der Waals surface area contributed by atoms with E-state index in [-0.39, 0.29) is 0 Å². The Labute approximate surface area is 88.7 Å². The molecule has 1 aliphatic heterocycles. The van der Waals surface area contributed by atoms with Crippen LogP contribution in [0, 0.1) is 5.92 Å². The summed E-state index contributed by atoms with van der Waals surface area (Å²) in [6, 6.07) is 10.6. The summed E-state index contributed by atoms with van der Waals surface area (Å²) in [5, 5.41) is 0.380. The van der Waals surface area contributed by atoms with Crippen molar-refractivity contribution < 1.29 is 0 Å². The van der Waals surface area contributed by atoms with Crippen molar-refractivity contribution in [3.8, 4) is 0 Å². The maximum atomic E-state index is 6.21. The quantitative estimate of drug-likeness (QED) is 0.679. The third-order valence-corrected chi connectivity index (χ3v) is 4.41. The van der Waals surface area contributed by atoms with Gasteiger partial charge in [-0.15, -0.1) is 11.6 Å². The Balaban J connectivity index is 1.98. The van der Waals surface area contributed by atoms with Gasteiger partial charge in [0.1, 0.15) is 0 Å². The second kappa shape index (κ2) is 4.39. The molecule has 0 amide bonds. The normalized spacial score (nSPS) is 27.8. The van der Waals surface area contributed by atoms with Crippen molar-refractivity contribution in [2.75, 3.05) is 11.5 Å². The predicted molar refractivity (Wildman–Crippen MR) is 60.6 cm³/mol. The molecule has 1 aromatic rings. The zero-order valence-corrected chi connectivity index (χ0v) is 9.02. The SMILES string of the molecule is ClC1CSCC1Cc1ccccc1. The van der Waals surface area contributed by atoms with Crippen LogP contribution in [-0.4, -0.2) is 16.9 Å². The largest absolute Gasteiger partial charge is 0.160 e. The van der Waals surface area contributed by atoms with Crippen molar-refractivity contribution in [1.82, 2.24) is 0 Å². The van der Waals surface area contributed by atoms with E-state index >= 15 is 0 Å². The van der Waals surface area contributed by atoms with Crippen LogP contribution in [0.5, 0.6) is 0 Å². The average Bonchev–Trinajstić information content (AvgIpc) is 2.54. The zero-order valence-electron chi connectivity index (χ0n) is 7.45. The Morgan fingerprint density at radius 2 is 2.00 bits per heavy atom. The smallest absolute Gasteiger partial charge is 0.0465 e. The van der Waals surface area contributed by atoms with E-state index in [1.165, 1.54) is 11.3 Å². The predicted octanol–water partition coefficient (Wildman–Crippen LogP) is 3.20. The summed E-state index contributed by atoms with van der Waals surface area (Å²) in [7, 11) is 0. The van der Waals surface area contributed by atoms with Crippen molar-refractivity contribution in [3.63, 3.8) is 0 Å². The van der Waals surface area contributed by atoms with Crippen molar-refractivity contribution in [2.45, 2.75) is 11.8 Å². The van der Waals surface area contributed by atoms with Gasteiger partial charge in [-0.2, -0.15) is 11.8 Å². The molecule has 13 heavy (non-hydrogen) atoms. The highest BCUT2D eigenvalue weighted by molar-refractivity contribution is 7.99. The van der Waals surface area contributed by atoms with Gasteiger partial charge in [-0.05, 0) is 23.7 Å². The van der Waals surface area contributed by atoms with Gasteiger partial charge < -0.3 is 0 Å². The van der Waals surface area contributed by atoms with Crippen LogP contribution in [0.15, 0.2) is 30.3 Å². The second-order valence-corrected chi connectivity index (χ2v) is 5.14. The van der Waals surface area contributed by atoms with Crippen LogP contribution in [-0.2, 0) is 6.42 Å². The molecule has 2 heteroatoms. The summed E-state index contributed by atoms with van der Waals surface area (Å²) in [4.78, 5) is 0. The van der Waals surface area contributed by atoms with Crippen molar-refractivity contribution in [1.29, 1.82) is 0 Å². The first kappa shape index (κ1) is 9.42. The van der Waals surface area contributed by atoms with Crippen molar-refractivity contribution in [3.05, 3.63) is 35.9 Å². The van der Waals surface area contributed by atoms with Crippen LogP contribution in [0.4, 0.5) is 0 Å². The molecule has 0 aromatic heterocycles. The molecule has 2 unspecified atom stereocenters. The summed E-state index contributed by atoms with van der Waals surface area (Å²) >= 11 is 8.18. The molecule has 1 fully saturated rings. The minimum absolute atomic E-state index is 0.380. The first-order chi connectivity index (χ1) is 6.36. The van der Waals surface area contributed by atoms with Gasteiger partial charge in [0.25, 0.3) is 0 Å². The zero-order chi connectivity index (χ0) is 9.10. The van der Waals surface area contributed by atoms with Crippen molar-refractivity contribution in [2.24, 2.45) is 5.92 Å². The molecule has 1 saturated heterocycles. The fourth-order valence-corrected chi connectivity index (χ4v) is 3.51. The topological polar surface area (TPSA) is 0 Å². The summed E-state index contributed by atoms with van der Waals surface area (Å²) in [5.41, 5.74) is 1.42. The first-order valence-corrected chi connectivity index (χ1v) is 6.21. The van der Waals surface area contributed by atoms with Gasteiger partial charge in [0.2, 0.25) is 0 Å². The lowest BCUT2D eigenvalue weighted by Gasteiger charge is -2.11. The fourth-order valence-electron chi connectivity index (χ4n) is 1.68. The van der Waals surface area contributed by atoms with Crippen LogP contribution in [0.1, 0.15) is 5.56 Å². The molecule has 0 radical (unpaired) electrons. The molecule has 70 valence electrons. The molecule has 0 aliphatic carbocycles. The fraction of sp³-hybridized carbons (Fsp3) is 0.455. The number of hydrogen-bond acceptors (Lipinski definition) is 1. The van der Waals surface area contributed by atoms with E-state index in [0.717, 1.165) is 12.2 Å². The molecule has 2 atom stereocenters. The molecule has 1 aromatic carbocycles. The number of benzene rings is 1. The lowest BCUT2D eigenvalue weighted by molar-refractivity contribution is 0.603. The molecule has 0 N–H and O–H groups in total. The van der Waals surface area contributed by atoms with Crippen LogP contribution in [0.25, 0.3) is 0 Å². The van der Waals surface area contributed by atoms with Gasteiger partial charge in [-0.3, -0.25) is 0 Å². The van der Waals surface area contributed by atoms with E-state index in [1.807, 2.05) is 11.8 Å². The molecule has 0 nitrogen and oxygen atoms in total. The number of rotatable bonds is 2. The molecule has 0 bridgehead atoms. The molecular weight excluding hydrogens is 200 g/mol. The third kappa shape index (κ3) is 2.41. The Hall–Kier alpha value is -0.140. The number of halogens is 1. The summed E-state index contributed by atoms with van der Waals surface area (Å²) < 4.78 is 0. The van der Waals surface area contributed by atoms with Crippen molar-refractivity contribution >= 4 is 23.4 Å². The van der Waals surface area contributed by atoms with Gasteiger partial charge >= 0.3 is 0 Å². The molecule has 1 heterocycles. The van der Waals surface area contributed by atoms with Gasteiger partial charge in [0, 0.05) is 11.1 Å². The molecule has 0 saturated carbocycles. The highest BCUT2D eigenvalue weighted by Crippen LogP contribution is 2.30. The highest BCUT2D eigenvalue weighted by atomic mass is 35.5. The lowest BCUT2D eigenvalue weighted by atomic mass is 9.99. The second-order valence-electron chi connectivity index (χ2n) is 3.50. The van der Waals surface area contributed by atoms with E-state index in [9.17, 15) is 0 Å². The van der Waals surface area contributed by atoms with Gasteiger partial charge in [-0.1, -0.05) is 30.3 Å². The van der Waals surface area contributed by atoms with Crippen LogP contribution in [0.2, 0.25) is 0 Å². The first-order valence-electron chi connectivity index (χ1n) is 4.62. The van der Waals surface area contributed by atoms with Gasteiger partial charge in [-0.25, -0.2) is 0 Å². The monoisotopic (exact) mass is 212 g/mol. The Bertz CT molecular complexity index is 260. The van der Waals surface area contributed by atoms with E-state index in [2.05, 4.69) is 30.3 Å². The molecule has 2 rings (SSSR count). The third-order valence-electron chi connectivity index (χ3n) is 2.46. The van der Waals surface area contributed by atoms with E-state index in [4.69, 9.17) is 11.6 Å². The lowest BCUT2D eigenvalue weighted by Crippen LogP contribution is -2.14.